The molecule has 1 heterocycles. The standard InChI is InChI=1S/C15H22ClFN2/c1-4-18-15-7-8-19(11(3)10(15)2)12-5-6-13(16)14(17)9-12/h5-6,9-11,15,18H,4,7-8H2,1-3H3. The second kappa shape index (κ2) is 6.10. The van der Waals surface area contributed by atoms with E-state index in [0.29, 0.717) is 18.0 Å². The lowest BCUT2D eigenvalue weighted by molar-refractivity contribution is 0.274. The number of nitrogens with one attached hydrogen (secondary N) is 1. The fraction of sp³-hybridized carbons (Fsp3) is 0.600. The van der Waals surface area contributed by atoms with Gasteiger partial charge >= 0.3 is 0 Å². The van der Waals surface area contributed by atoms with Gasteiger partial charge in [-0.3, -0.25) is 0 Å². The molecule has 0 bridgehead atoms. The quantitative estimate of drug-likeness (QED) is 0.911. The van der Waals surface area contributed by atoms with E-state index in [1.54, 1.807) is 12.1 Å². The molecule has 1 N–H and O–H groups in total. The summed E-state index contributed by atoms with van der Waals surface area (Å²) in [5, 5.41) is 3.72. The van der Waals surface area contributed by atoms with Crippen molar-refractivity contribution in [1.82, 2.24) is 5.32 Å². The SMILES string of the molecule is CCNC1CCN(c2ccc(Cl)c(F)c2)C(C)C1C. The van der Waals surface area contributed by atoms with Gasteiger partial charge in [-0.15, -0.1) is 0 Å². The number of hydrogen-bond donors (Lipinski definition) is 1. The molecule has 4 heteroatoms. The average molecular weight is 285 g/mol. The maximum absolute atomic E-state index is 13.6. The molecule has 0 amide bonds. The van der Waals surface area contributed by atoms with Crippen molar-refractivity contribution in [3.05, 3.63) is 29.0 Å². The number of benzene rings is 1. The maximum atomic E-state index is 13.6. The van der Waals surface area contributed by atoms with Gasteiger partial charge in [0.2, 0.25) is 0 Å². The molecule has 1 saturated heterocycles. The van der Waals surface area contributed by atoms with Gasteiger partial charge in [-0.25, -0.2) is 4.39 Å². The predicted octanol–water partition coefficient (Wildman–Crippen LogP) is 3.69. The predicted molar refractivity (Wildman–Crippen MR) is 79.5 cm³/mol. The molecule has 19 heavy (non-hydrogen) atoms. The van der Waals surface area contributed by atoms with E-state index >= 15 is 0 Å². The van der Waals surface area contributed by atoms with Crippen LogP contribution in [0.5, 0.6) is 0 Å². The molecule has 0 saturated carbocycles. The van der Waals surface area contributed by atoms with Crippen molar-refractivity contribution >= 4 is 17.3 Å². The Morgan fingerprint density at radius 1 is 1.42 bits per heavy atom. The molecule has 0 radical (unpaired) electrons. The first-order valence-corrected chi connectivity index (χ1v) is 7.37. The van der Waals surface area contributed by atoms with Crippen LogP contribution in [-0.2, 0) is 0 Å². The van der Waals surface area contributed by atoms with Crippen molar-refractivity contribution in [3.8, 4) is 0 Å². The Morgan fingerprint density at radius 3 is 2.79 bits per heavy atom. The number of hydrogen-bond acceptors (Lipinski definition) is 2. The number of halogens is 2. The third kappa shape index (κ3) is 3.03. The number of nitrogens with zero attached hydrogens (tertiary/aromatic N) is 1. The van der Waals surface area contributed by atoms with Crippen LogP contribution in [0.3, 0.4) is 0 Å². The number of rotatable bonds is 3. The van der Waals surface area contributed by atoms with Crippen LogP contribution in [0.4, 0.5) is 10.1 Å². The van der Waals surface area contributed by atoms with Gasteiger partial charge < -0.3 is 10.2 Å². The fourth-order valence-electron chi connectivity index (χ4n) is 2.94. The molecule has 3 atom stereocenters. The molecule has 2 rings (SSSR count). The first-order chi connectivity index (χ1) is 9.04. The van der Waals surface area contributed by atoms with E-state index in [9.17, 15) is 4.39 Å². The molecule has 1 aromatic rings. The highest BCUT2D eigenvalue weighted by Gasteiger charge is 2.32. The van der Waals surface area contributed by atoms with Gasteiger partial charge in [0.15, 0.2) is 0 Å². The monoisotopic (exact) mass is 284 g/mol. The van der Waals surface area contributed by atoms with Crippen molar-refractivity contribution in [2.24, 2.45) is 5.92 Å². The van der Waals surface area contributed by atoms with Gasteiger partial charge in [0.05, 0.1) is 5.02 Å². The van der Waals surface area contributed by atoms with Crippen molar-refractivity contribution in [2.75, 3.05) is 18.0 Å². The van der Waals surface area contributed by atoms with Gasteiger partial charge in [0.1, 0.15) is 5.82 Å². The molecule has 1 aromatic carbocycles. The minimum atomic E-state index is -0.340. The first-order valence-electron chi connectivity index (χ1n) is 6.99. The van der Waals surface area contributed by atoms with Crippen molar-refractivity contribution in [2.45, 2.75) is 39.3 Å². The number of piperidine rings is 1. The second-order valence-electron chi connectivity index (χ2n) is 5.34. The molecule has 0 aliphatic carbocycles. The van der Waals surface area contributed by atoms with Crippen molar-refractivity contribution < 1.29 is 4.39 Å². The van der Waals surface area contributed by atoms with E-state index in [4.69, 9.17) is 11.6 Å². The van der Waals surface area contributed by atoms with Crippen LogP contribution in [-0.4, -0.2) is 25.2 Å². The van der Waals surface area contributed by atoms with Crippen LogP contribution in [0.1, 0.15) is 27.2 Å². The van der Waals surface area contributed by atoms with Crippen molar-refractivity contribution in [3.63, 3.8) is 0 Å². The summed E-state index contributed by atoms with van der Waals surface area (Å²) in [7, 11) is 0. The molecule has 1 fully saturated rings. The summed E-state index contributed by atoms with van der Waals surface area (Å²) in [6, 6.07) is 6.02. The highest BCUT2D eigenvalue weighted by Crippen LogP contribution is 2.30. The van der Waals surface area contributed by atoms with E-state index < -0.39 is 0 Å². The Hall–Kier alpha value is -0.800. The van der Waals surface area contributed by atoms with Gasteiger partial charge in [0, 0.05) is 24.3 Å². The zero-order chi connectivity index (χ0) is 14.0. The molecule has 2 nitrogen and oxygen atoms in total. The molecule has 106 valence electrons. The maximum Gasteiger partial charge on any atom is 0.143 e. The van der Waals surface area contributed by atoms with Crippen LogP contribution in [0.15, 0.2) is 18.2 Å². The Labute approximate surface area is 119 Å². The van der Waals surface area contributed by atoms with E-state index in [2.05, 4.69) is 31.0 Å². The smallest absolute Gasteiger partial charge is 0.143 e. The number of anilines is 1. The zero-order valence-electron chi connectivity index (χ0n) is 11.8. The summed E-state index contributed by atoms with van der Waals surface area (Å²) in [6.45, 7) is 8.55. The minimum absolute atomic E-state index is 0.187. The zero-order valence-corrected chi connectivity index (χ0v) is 12.5. The van der Waals surface area contributed by atoms with Crippen LogP contribution in [0.25, 0.3) is 0 Å². The Morgan fingerprint density at radius 2 is 2.16 bits per heavy atom. The summed E-state index contributed by atoms with van der Waals surface area (Å²) in [6.07, 6.45) is 1.09. The second-order valence-corrected chi connectivity index (χ2v) is 5.75. The highest BCUT2D eigenvalue weighted by atomic mass is 35.5. The molecule has 3 unspecified atom stereocenters. The molecule has 1 aliphatic heterocycles. The average Bonchev–Trinajstić information content (AvgIpc) is 2.39. The summed E-state index contributed by atoms with van der Waals surface area (Å²) in [5.41, 5.74) is 0.927. The fourth-order valence-corrected chi connectivity index (χ4v) is 3.06. The molecule has 0 spiro atoms. The van der Waals surface area contributed by atoms with E-state index in [1.807, 2.05) is 6.07 Å². The highest BCUT2D eigenvalue weighted by molar-refractivity contribution is 6.30. The third-order valence-electron chi connectivity index (χ3n) is 4.27. The third-order valence-corrected chi connectivity index (χ3v) is 4.58. The molecular weight excluding hydrogens is 263 g/mol. The topological polar surface area (TPSA) is 15.3 Å². The Kier molecular flexibility index (Phi) is 4.69. The van der Waals surface area contributed by atoms with E-state index in [1.165, 1.54) is 0 Å². The Bertz CT molecular complexity index is 438. The first kappa shape index (κ1) is 14.6. The molecular formula is C15H22ClFN2. The lowest BCUT2D eigenvalue weighted by Gasteiger charge is -2.44. The summed E-state index contributed by atoms with van der Waals surface area (Å²) in [4.78, 5) is 2.28. The van der Waals surface area contributed by atoms with Crippen LogP contribution >= 0.6 is 11.6 Å². The van der Waals surface area contributed by atoms with E-state index in [0.717, 1.165) is 25.2 Å². The van der Waals surface area contributed by atoms with Gasteiger partial charge in [-0.2, -0.15) is 0 Å². The van der Waals surface area contributed by atoms with Gasteiger partial charge in [-0.05, 0) is 44.0 Å². The Balaban J connectivity index is 2.15. The van der Waals surface area contributed by atoms with Crippen LogP contribution in [0, 0.1) is 11.7 Å². The normalized spacial score (nSPS) is 27.6. The van der Waals surface area contributed by atoms with Crippen LogP contribution < -0.4 is 10.2 Å². The van der Waals surface area contributed by atoms with Crippen LogP contribution in [0.2, 0.25) is 5.02 Å². The van der Waals surface area contributed by atoms with E-state index in [-0.39, 0.29) is 10.8 Å². The minimum Gasteiger partial charge on any atom is -0.368 e. The summed E-state index contributed by atoms with van der Waals surface area (Å²) in [5.74, 6) is 0.195. The molecule has 0 aromatic heterocycles. The summed E-state index contributed by atoms with van der Waals surface area (Å²) >= 11 is 5.75. The lowest BCUT2D eigenvalue weighted by atomic mass is 9.86. The van der Waals surface area contributed by atoms with Gasteiger partial charge in [-0.1, -0.05) is 25.4 Å². The van der Waals surface area contributed by atoms with Gasteiger partial charge in [0.25, 0.3) is 0 Å². The molecule has 1 aliphatic rings. The lowest BCUT2D eigenvalue weighted by Crippen LogP contribution is -2.53. The van der Waals surface area contributed by atoms with Crippen molar-refractivity contribution in [1.29, 1.82) is 0 Å². The summed E-state index contributed by atoms with van der Waals surface area (Å²) < 4.78 is 13.6. The largest absolute Gasteiger partial charge is 0.368 e.